The summed E-state index contributed by atoms with van der Waals surface area (Å²) in [7, 11) is 0. The van der Waals surface area contributed by atoms with E-state index in [1.807, 2.05) is 0 Å². The molecule has 2 N–H and O–H groups in total. The Morgan fingerprint density at radius 2 is 1.08 bits per heavy atom. The van der Waals surface area contributed by atoms with Crippen LogP contribution in [0.2, 0.25) is 0 Å². The van der Waals surface area contributed by atoms with Gasteiger partial charge in [0.05, 0.1) is 18.9 Å². The molecule has 0 amide bonds. The van der Waals surface area contributed by atoms with Crippen molar-refractivity contribution in [3.05, 3.63) is 0 Å². The number of thioether (sulfide) groups is 1. The van der Waals surface area contributed by atoms with Crippen LogP contribution in [-0.4, -0.2) is 36.5 Å². The summed E-state index contributed by atoms with van der Waals surface area (Å²) < 4.78 is 5.37. The minimum Gasteiger partial charge on any atom is -0.466 e. The lowest BCUT2D eigenvalue weighted by molar-refractivity contribution is -0.143. The van der Waals surface area contributed by atoms with Gasteiger partial charge in [-0.1, -0.05) is 129 Å². The SMILES string of the molecule is CCCCCCCCCCCCNC(=N)CCCSCCC(=O)OCCCCCCCCCCCC. The molecule has 0 radical (unpaired) electrons. The standard InChI is InChI=1S/C31H62N2O2S/c1-3-5-7-9-11-13-15-17-19-21-26-33-30(32)24-23-28-36-29-25-31(34)35-27-22-20-18-16-14-12-10-8-6-4-2/h3-29H2,1-2H3,(H2,32,33). The molecule has 0 atom stereocenters. The highest BCUT2D eigenvalue weighted by Gasteiger charge is 2.03. The van der Waals surface area contributed by atoms with Gasteiger partial charge in [0.25, 0.3) is 0 Å². The number of hydrogen-bond acceptors (Lipinski definition) is 4. The second-order valence-electron chi connectivity index (χ2n) is 10.5. The molecule has 0 saturated carbocycles. The first-order valence-electron chi connectivity index (χ1n) is 15.7. The van der Waals surface area contributed by atoms with E-state index in [2.05, 4.69) is 19.2 Å². The van der Waals surface area contributed by atoms with Crippen molar-refractivity contribution in [3.63, 3.8) is 0 Å². The van der Waals surface area contributed by atoms with Crippen molar-refractivity contribution >= 4 is 23.6 Å². The lowest BCUT2D eigenvalue weighted by Gasteiger charge is -2.08. The van der Waals surface area contributed by atoms with Gasteiger partial charge in [-0.2, -0.15) is 11.8 Å². The second-order valence-corrected chi connectivity index (χ2v) is 11.7. The maximum absolute atomic E-state index is 11.8. The molecule has 0 heterocycles. The van der Waals surface area contributed by atoms with E-state index in [0.717, 1.165) is 37.3 Å². The van der Waals surface area contributed by atoms with Crippen LogP contribution in [0.4, 0.5) is 0 Å². The molecule has 36 heavy (non-hydrogen) atoms. The molecule has 0 fully saturated rings. The predicted octanol–water partition coefficient (Wildman–Crippen LogP) is 9.84. The average Bonchev–Trinajstić information content (AvgIpc) is 2.87. The molecule has 0 saturated heterocycles. The summed E-state index contributed by atoms with van der Waals surface area (Å²) in [6, 6.07) is 0. The number of ether oxygens (including phenoxy) is 1. The van der Waals surface area contributed by atoms with E-state index in [-0.39, 0.29) is 5.97 Å². The number of unbranched alkanes of at least 4 members (excludes halogenated alkanes) is 18. The number of esters is 1. The Hall–Kier alpha value is -0.710. The maximum Gasteiger partial charge on any atom is 0.306 e. The van der Waals surface area contributed by atoms with Gasteiger partial charge in [0.15, 0.2) is 0 Å². The maximum atomic E-state index is 11.8. The molecule has 0 spiro atoms. The highest BCUT2D eigenvalue weighted by molar-refractivity contribution is 7.99. The summed E-state index contributed by atoms with van der Waals surface area (Å²) in [5.41, 5.74) is 0. The highest BCUT2D eigenvalue weighted by atomic mass is 32.2. The smallest absolute Gasteiger partial charge is 0.306 e. The number of carbonyl (C=O) groups excluding carboxylic acids is 1. The molecular formula is C31H62N2O2S. The highest BCUT2D eigenvalue weighted by Crippen LogP contribution is 2.12. The summed E-state index contributed by atoms with van der Waals surface area (Å²) >= 11 is 1.80. The quantitative estimate of drug-likeness (QED) is 0.0440. The Labute approximate surface area is 229 Å². The van der Waals surface area contributed by atoms with Crippen molar-refractivity contribution in [1.29, 1.82) is 5.41 Å². The predicted molar refractivity (Wildman–Crippen MR) is 162 cm³/mol. The third-order valence-corrected chi connectivity index (χ3v) is 7.87. The Bertz CT molecular complexity index is 431. The Balaban J connectivity index is 3.26. The van der Waals surface area contributed by atoms with E-state index < -0.39 is 0 Å². The second kappa shape index (κ2) is 30.5. The first-order chi connectivity index (χ1) is 17.7. The fourth-order valence-corrected chi connectivity index (χ4v) is 5.26. The zero-order valence-corrected chi connectivity index (χ0v) is 25.1. The average molecular weight is 527 g/mol. The van der Waals surface area contributed by atoms with E-state index in [1.165, 1.54) is 122 Å². The van der Waals surface area contributed by atoms with Crippen LogP contribution in [0.3, 0.4) is 0 Å². The summed E-state index contributed by atoms with van der Waals surface area (Å²) in [4.78, 5) is 11.8. The number of nitrogens with one attached hydrogen (secondary N) is 2. The number of rotatable bonds is 29. The molecular weight excluding hydrogens is 464 g/mol. The van der Waals surface area contributed by atoms with E-state index in [4.69, 9.17) is 10.1 Å². The molecule has 0 aliphatic heterocycles. The van der Waals surface area contributed by atoms with Gasteiger partial charge >= 0.3 is 5.97 Å². The minimum absolute atomic E-state index is 0.0515. The van der Waals surface area contributed by atoms with Gasteiger partial charge in [-0.05, 0) is 25.0 Å². The van der Waals surface area contributed by atoms with Crippen LogP contribution < -0.4 is 5.32 Å². The van der Waals surface area contributed by atoms with Crippen molar-refractivity contribution in [2.45, 2.75) is 162 Å². The van der Waals surface area contributed by atoms with Crippen molar-refractivity contribution in [1.82, 2.24) is 5.32 Å². The first kappa shape index (κ1) is 35.3. The fraction of sp³-hybridized carbons (Fsp3) is 0.935. The molecule has 0 aromatic carbocycles. The van der Waals surface area contributed by atoms with Crippen molar-refractivity contribution in [2.75, 3.05) is 24.7 Å². The van der Waals surface area contributed by atoms with Crippen molar-refractivity contribution < 1.29 is 9.53 Å². The third kappa shape index (κ3) is 29.5. The molecule has 0 bridgehead atoms. The summed E-state index contributed by atoms with van der Waals surface area (Å²) in [5.74, 6) is 2.45. The van der Waals surface area contributed by atoms with Gasteiger partial charge in [0, 0.05) is 18.7 Å². The van der Waals surface area contributed by atoms with Crippen LogP contribution in [0.25, 0.3) is 0 Å². The Morgan fingerprint density at radius 3 is 1.61 bits per heavy atom. The number of hydrogen-bond donors (Lipinski definition) is 2. The van der Waals surface area contributed by atoms with Crippen molar-refractivity contribution in [3.8, 4) is 0 Å². The molecule has 0 unspecified atom stereocenters. The molecule has 0 aliphatic rings. The van der Waals surface area contributed by atoms with Crippen LogP contribution >= 0.6 is 11.8 Å². The summed E-state index contributed by atoms with van der Waals surface area (Å²) in [6.07, 6.45) is 28.8. The van der Waals surface area contributed by atoms with Gasteiger partial charge < -0.3 is 10.1 Å². The van der Waals surface area contributed by atoms with Crippen LogP contribution in [0, 0.1) is 5.41 Å². The van der Waals surface area contributed by atoms with Crippen LogP contribution in [0.1, 0.15) is 162 Å². The minimum atomic E-state index is -0.0515. The van der Waals surface area contributed by atoms with Gasteiger partial charge in [-0.25, -0.2) is 0 Å². The zero-order chi connectivity index (χ0) is 26.4. The fourth-order valence-electron chi connectivity index (χ4n) is 4.40. The van der Waals surface area contributed by atoms with E-state index in [9.17, 15) is 4.79 Å². The number of carbonyl (C=O) groups is 1. The third-order valence-electron chi connectivity index (χ3n) is 6.80. The normalized spacial score (nSPS) is 11.1. The van der Waals surface area contributed by atoms with Crippen LogP contribution in [0.15, 0.2) is 0 Å². The molecule has 0 aromatic heterocycles. The largest absolute Gasteiger partial charge is 0.466 e. The molecule has 5 heteroatoms. The summed E-state index contributed by atoms with van der Waals surface area (Å²) in [6.45, 7) is 6.06. The van der Waals surface area contributed by atoms with E-state index >= 15 is 0 Å². The Kier molecular flexibility index (Phi) is 29.9. The summed E-state index contributed by atoms with van der Waals surface area (Å²) in [5, 5.41) is 11.3. The van der Waals surface area contributed by atoms with Crippen LogP contribution in [-0.2, 0) is 9.53 Å². The molecule has 0 aliphatic carbocycles. The Morgan fingerprint density at radius 1 is 0.611 bits per heavy atom. The van der Waals surface area contributed by atoms with E-state index in [1.54, 1.807) is 11.8 Å². The molecule has 214 valence electrons. The van der Waals surface area contributed by atoms with Crippen LogP contribution in [0.5, 0.6) is 0 Å². The molecule has 0 rings (SSSR count). The monoisotopic (exact) mass is 526 g/mol. The van der Waals surface area contributed by atoms with Gasteiger partial charge in [0.2, 0.25) is 0 Å². The van der Waals surface area contributed by atoms with E-state index in [0.29, 0.717) is 18.9 Å². The lowest BCUT2D eigenvalue weighted by Crippen LogP contribution is -2.23. The number of amidine groups is 1. The molecule has 0 aromatic rings. The van der Waals surface area contributed by atoms with Crippen molar-refractivity contribution in [2.24, 2.45) is 0 Å². The first-order valence-corrected chi connectivity index (χ1v) is 16.9. The lowest BCUT2D eigenvalue weighted by atomic mass is 10.1. The van der Waals surface area contributed by atoms with Gasteiger partial charge in [-0.3, -0.25) is 10.2 Å². The zero-order valence-electron chi connectivity index (χ0n) is 24.3. The topological polar surface area (TPSA) is 62.2 Å². The van der Waals surface area contributed by atoms with Gasteiger partial charge in [-0.15, -0.1) is 0 Å². The van der Waals surface area contributed by atoms with Gasteiger partial charge in [0.1, 0.15) is 0 Å². The molecule has 4 nitrogen and oxygen atoms in total.